The van der Waals surface area contributed by atoms with Gasteiger partial charge in [0, 0.05) is 32.0 Å². The first-order valence-corrected chi connectivity index (χ1v) is 7.53. The molecule has 1 aromatic rings. The molecule has 0 saturated heterocycles. The second-order valence-electron chi connectivity index (χ2n) is 4.79. The van der Waals surface area contributed by atoms with Gasteiger partial charge in [0.05, 0.1) is 6.61 Å². The first kappa shape index (κ1) is 15.2. The molecule has 5 nitrogen and oxygen atoms in total. The normalized spacial score (nSPS) is 12.6. The summed E-state index contributed by atoms with van der Waals surface area (Å²) >= 11 is 0. The fourth-order valence-corrected chi connectivity index (χ4v) is 3.54. The zero-order valence-electron chi connectivity index (χ0n) is 11.4. The van der Waals surface area contributed by atoms with Crippen molar-refractivity contribution < 1.29 is 13.5 Å². The van der Waals surface area contributed by atoms with E-state index < -0.39 is 10.0 Å². The smallest absolute Gasteiger partial charge is 0.244 e. The molecule has 0 aliphatic rings. The Morgan fingerprint density at radius 1 is 1.44 bits per heavy atom. The van der Waals surface area contributed by atoms with Crippen LogP contribution in [0.2, 0.25) is 0 Å². The van der Waals surface area contributed by atoms with Gasteiger partial charge in [-0.1, -0.05) is 20.8 Å². The van der Waals surface area contributed by atoms with Crippen LogP contribution in [-0.4, -0.2) is 35.5 Å². The number of sulfonamides is 1. The molecule has 1 rings (SSSR count). The third-order valence-electron chi connectivity index (χ3n) is 2.80. The second-order valence-corrected chi connectivity index (χ2v) is 6.72. The van der Waals surface area contributed by atoms with Crippen LogP contribution in [0.25, 0.3) is 0 Å². The van der Waals surface area contributed by atoms with Crippen LogP contribution >= 0.6 is 0 Å². The number of aryl methyl sites for hydroxylation is 1. The second kappa shape index (κ2) is 5.86. The number of aliphatic hydroxyl groups excluding tert-OH is 1. The predicted molar refractivity (Wildman–Crippen MR) is 70.6 cm³/mol. The van der Waals surface area contributed by atoms with E-state index in [2.05, 4.69) is 0 Å². The van der Waals surface area contributed by atoms with Crippen molar-refractivity contribution in [3.05, 3.63) is 18.0 Å². The fourth-order valence-electron chi connectivity index (χ4n) is 1.83. The zero-order valence-corrected chi connectivity index (χ0v) is 12.2. The van der Waals surface area contributed by atoms with Gasteiger partial charge in [0.2, 0.25) is 10.0 Å². The molecule has 0 amide bonds. The van der Waals surface area contributed by atoms with Gasteiger partial charge in [-0.25, -0.2) is 8.42 Å². The van der Waals surface area contributed by atoms with Crippen molar-refractivity contribution >= 4 is 10.0 Å². The molecule has 104 valence electrons. The Hall–Kier alpha value is -0.850. The maximum Gasteiger partial charge on any atom is 0.244 e. The van der Waals surface area contributed by atoms with Crippen LogP contribution in [0.1, 0.15) is 26.5 Å². The van der Waals surface area contributed by atoms with E-state index in [1.165, 1.54) is 10.4 Å². The molecule has 0 aliphatic carbocycles. The lowest BCUT2D eigenvalue weighted by atomic mass is 10.2. The number of rotatable bonds is 6. The summed E-state index contributed by atoms with van der Waals surface area (Å²) < 4.78 is 27.9. The minimum Gasteiger partial charge on any atom is -0.390 e. The van der Waals surface area contributed by atoms with Crippen molar-refractivity contribution in [2.75, 3.05) is 13.1 Å². The van der Waals surface area contributed by atoms with Crippen molar-refractivity contribution in [3.8, 4) is 0 Å². The third-order valence-corrected chi connectivity index (χ3v) is 4.71. The van der Waals surface area contributed by atoms with E-state index in [-0.39, 0.29) is 17.4 Å². The molecule has 0 fully saturated rings. The van der Waals surface area contributed by atoms with Crippen LogP contribution in [0.4, 0.5) is 0 Å². The Kier molecular flexibility index (Phi) is 4.95. The van der Waals surface area contributed by atoms with Gasteiger partial charge >= 0.3 is 0 Å². The van der Waals surface area contributed by atoms with Crippen LogP contribution in [0.3, 0.4) is 0 Å². The summed E-state index contributed by atoms with van der Waals surface area (Å²) in [6.07, 6.45) is 1.55. The maximum atomic E-state index is 12.4. The summed E-state index contributed by atoms with van der Waals surface area (Å²) in [6.45, 7) is 6.59. The first-order valence-electron chi connectivity index (χ1n) is 6.09. The molecule has 6 heteroatoms. The van der Waals surface area contributed by atoms with Crippen molar-refractivity contribution in [3.63, 3.8) is 0 Å². The van der Waals surface area contributed by atoms with E-state index in [0.29, 0.717) is 18.8 Å². The molecule has 0 bridgehead atoms. The molecular weight excluding hydrogens is 252 g/mol. The number of hydrogen-bond donors (Lipinski definition) is 1. The predicted octanol–water partition coefficient (Wildman–Crippen LogP) is 1.18. The fraction of sp³-hybridized carbons (Fsp3) is 0.667. The molecule has 0 spiro atoms. The quantitative estimate of drug-likeness (QED) is 0.847. The monoisotopic (exact) mass is 274 g/mol. The summed E-state index contributed by atoms with van der Waals surface area (Å²) in [5.74, 6) is 0.278. The Labute approximate surface area is 109 Å². The van der Waals surface area contributed by atoms with Crippen LogP contribution in [-0.2, 0) is 23.7 Å². The Bertz CT molecular complexity index is 491. The minimum atomic E-state index is -3.46. The molecule has 0 aromatic carbocycles. The molecule has 0 radical (unpaired) electrons. The molecule has 18 heavy (non-hydrogen) atoms. The number of nitrogens with zero attached hydrogens (tertiary/aromatic N) is 2. The van der Waals surface area contributed by atoms with Gasteiger partial charge in [0.1, 0.15) is 4.90 Å². The molecule has 0 unspecified atom stereocenters. The van der Waals surface area contributed by atoms with Gasteiger partial charge in [-0.15, -0.1) is 0 Å². The highest BCUT2D eigenvalue weighted by atomic mass is 32.2. The van der Waals surface area contributed by atoms with Crippen LogP contribution < -0.4 is 0 Å². The summed E-state index contributed by atoms with van der Waals surface area (Å²) in [5.41, 5.74) is 0.592. The average molecular weight is 274 g/mol. The minimum absolute atomic E-state index is 0.164. The summed E-state index contributed by atoms with van der Waals surface area (Å²) in [7, 11) is -1.73. The van der Waals surface area contributed by atoms with E-state index in [4.69, 9.17) is 5.11 Å². The van der Waals surface area contributed by atoms with Gasteiger partial charge in [-0.05, 0) is 12.0 Å². The number of hydrogen-bond acceptors (Lipinski definition) is 3. The SMILES string of the molecule is CCN(CC(C)C)S(=O)(=O)c1cc(CO)n(C)c1. The molecule has 1 heterocycles. The van der Waals surface area contributed by atoms with Gasteiger partial charge in [-0.2, -0.15) is 4.31 Å². The van der Waals surface area contributed by atoms with E-state index in [1.807, 2.05) is 20.8 Å². The topological polar surface area (TPSA) is 62.5 Å². The van der Waals surface area contributed by atoms with Gasteiger partial charge < -0.3 is 9.67 Å². The van der Waals surface area contributed by atoms with E-state index in [1.54, 1.807) is 17.8 Å². The zero-order chi connectivity index (χ0) is 13.9. The summed E-state index contributed by atoms with van der Waals surface area (Å²) in [6, 6.07) is 1.53. The largest absolute Gasteiger partial charge is 0.390 e. The van der Waals surface area contributed by atoms with Crippen LogP contribution in [0.15, 0.2) is 17.2 Å². The molecule has 0 aliphatic heterocycles. The van der Waals surface area contributed by atoms with Gasteiger partial charge in [-0.3, -0.25) is 0 Å². The lowest BCUT2D eigenvalue weighted by Gasteiger charge is -2.21. The standard InChI is InChI=1S/C12H22N2O3S/c1-5-14(7-10(2)3)18(16,17)12-6-11(9-15)13(4)8-12/h6,8,10,15H,5,7,9H2,1-4H3. The van der Waals surface area contributed by atoms with Gasteiger partial charge in [0.15, 0.2) is 0 Å². The molecule has 1 N–H and O–H groups in total. The number of aliphatic hydroxyl groups is 1. The Balaban J connectivity index is 3.10. The lowest BCUT2D eigenvalue weighted by Crippen LogP contribution is -2.33. The average Bonchev–Trinajstić information content (AvgIpc) is 2.67. The third kappa shape index (κ3) is 3.13. The molecule has 0 atom stereocenters. The highest BCUT2D eigenvalue weighted by Gasteiger charge is 2.25. The van der Waals surface area contributed by atoms with E-state index >= 15 is 0 Å². The van der Waals surface area contributed by atoms with Crippen molar-refractivity contribution in [1.82, 2.24) is 8.87 Å². The van der Waals surface area contributed by atoms with Crippen molar-refractivity contribution in [2.45, 2.75) is 32.3 Å². The van der Waals surface area contributed by atoms with Gasteiger partial charge in [0.25, 0.3) is 0 Å². The van der Waals surface area contributed by atoms with Crippen molar-refractivity contribution in [2.24, 2.45) is 13.0 Å². The molecule has 0 saturated carbocycles. The number of aromatic nitrogens is 1. The van der Waals surface area contributed by atoms with E-state index in [0.717, 1.165) is 0 Å². The van der Waals surface area contributed by atoms with E-state index in [9.17, 15) is 8.42 Å². The highest BCUT2D eigenvalue weighted by molar-refractivity contribution is 7.89. The highest BCUT2D eigenvalue weighted by Crippen LogP contribution is 2.19. The first-order chi connectivity index (χ1) is 8.32. The Morgan fingerprint density at radius 2 is 2.06 bits per heavy atom. The maximum absolute atomic E-state index is 12.4. The molecule has 1 aromatic heterocycles. The lowest BCUT2D eigenvalue weighted by molar-refractivity contribution is 0.272. The van der Waals surface area contributed by atoms with Crippen molar-refractivity contribution in [1.29, 1.82) is 0 Å². The molecular formula is C12H22N2O3S. The van der Waals surface area contributed by atoms with Crippen LogP contribution in [0, 0.1) is 5.92 Å². The summed E-state index contributed by atoms with van der Waals surface area (Å²) in [5, 5.41) is 9.11. The summed E-state index contributed by atoms with van der Waals surface area (Å²) in [4.78, 5) is 0.247. The Morgan fingerprint density at radius 3 is 2.44 bits per heavy atom. The van der Waals surface area contributed by atoms with Crippen LogP contribution in [0.5, 0.6) is 0 Å².